The Balaban J connectivity index is 2.58. The van der Waals surface area contributed by atoms with Gasteiger partial charge in [0.15, 0.2) is 6.29 Å². The minimum absolute atomic E-state index is 0.164. The number of hydrogen-bond acceptors (Lipinski definition) is 2. The molecule has 0 aliphatic carbocycles. The maximum Gasteiger partial charge on any atom is 0.166 e. The van der Waals surface area contributed by atoms with Crippen molar-refractivity contribution in [2.24, 2.45) is 5.41 Å². The van der Waals surface area contributed by atoms with Crippen molar-refractivity contribution in [2.75, 3.05) is 0 Å². The summed E-state index contributed by atoms with van der Waals surface area (Å²) in [5.74, 6) is 0.949. The lowest BCUT2D eigenvalue weighted by molar-refractivity contribution is 0.111. The van der Waals surface area contributed by atoms with Crippen molar-refractivity contribution < 1.29 is 4.79 Å². The van der Waals surface area contributed by atoms with Crippen LogP contribution in [0.5, 0.6) is 0 Å². The van der Waals surface area contributed by atoms with Crippen LogP contribution in [0.15, 0.2) is 24.4 Å². The lowest BCUT2D eigenvalue weighted by Crippen LogP contribution is -2.13. The van der Waals surface area contributed by atoms with Gasteiger partial charge >= 0.3 is 0 Å². The van der Waals surface area contributed by atoms with Crippen molar-refractivity contribution >= 4 is 11.8 Å². The van der Waals surface area contributed by atoms with Crippen LogP contribution in [0.25, 0.3) is 5.52 Å². The predicted molar refractivity (Wildman–Crippen MR) is 63.7 cm³/mol. The maximum absolute atomic E-state index is 11.0. The molecule has 0 aromatic carbocycles. The summed E-state index contributed by atoms with van der Waals surface area (Å²) in [6.45, 7) is 6.49. The summed E-state index contributed by atoms with van der Waals surface area (Å²) in [7, 11) is 0. The van der Waals surface area contributed by atoms with E-state index in [9.17, 15) is 4.79 Å². The van der Waals surface area contributed by atoms with Crippen molar-refractivity contribution in [1.82, 2.24) is 9.38 Å². The molecule has 2 aromatic rings. The number of fused-ring (bicyclic) bond motifs is 1. The molecule has 0 saturated carbocycles. The number of hydrogen-bond donors (Lipinski definition) is 0. The predicted octanol–water partition coefficient (Wildman–Crippen LogP) is 2.74. The Morgan fingerprint density at radius 3 is 2.75 bits per heavy atom. The first-order valence-electron chi connectivity index (χ1n) is 5.42. The molecule has 2 rings (SSSR count). The highest BCUT2D eigenvalue weighted by atomic mass is 16.1. The van der Waals surface area contributed by atoms with E-state index < -0.39 is 0 Å². The zero-order valence-electron chi connectivity index (χ0n) is 9.90. The molecule has 3 heteroatoms. The normalized spacial score (nSPS) is 11.9. The van der Waals surface area contributed by atoms with Crippen molar-refractivity contribution in [2.45, 2.75) is 27.2 Å². The van der Waals surface area contributed by atoms with Gasteiger partial charge in [0.1, 0.15) is 5.82 Å². The highest BCUT2D eigenvalue weighted by Crippen LogP contribution is 2.21. The number of carbonyl (C=O) groups is 1. The molecule has 0 saturated heterocycles. The zero-order chi connectivity index (χ0) is 11.8. The fourth-order valence-electron chi connectivity index (χ4n) is 1.83. The van der Waals surface area contributed by atoms with Crippen LogP contribution >= 0.6 is 0 Å². The van der Waals surface area contributed by atoms with Crippen molar-refractivity contribution in [3.63, 3.8) is 0 Å². The van der Waals surface area contributed by atoms with Gasteiger partial charge in [0.2, 0.25) is 0 Å². The van der Waals surface area contributed by atoms with Gasteiger partial charge in [0.05, 0.1) is 17.4 Å². The smallest absolute Gasteiger partial charge is 0.166 e. The molecular weight excluding hydrogens is 200 g/mol. The third kappa shape index (κ3) is 1.98. The molecule has 0 amide bonds. The quantitative estimate of drug-likeness (QED) is 0.723. The molecule has 84 valence electrons. The molecule has 2 aromatic heterocycles. The van der Waals surface area contributed by atoms with Gasteiger partial charge in [-0.1, -0.05) is 26.8 Å². The molecule has 0 spiro atoms. The van der Waals surface area contributed by atoms with Crippen LogP contribution in [0.1, 0.15) is 37.1 Å². The van der Waals surface area contributed by atoms with Gasteiger partial charge in [0.25, 0.3) is 0 Å². The van der Waals surface area contributed by atoms with Gasteiger partial charge in [-0.25, -0.2) is 4.98 Å². The van der Waals surface area contributed by atoms with E-state index in [2.05, 4.69) is 25.8 Å². The van der Waals surface area contributed by atoms with Crippen LogP contribution < -0.4 is 0 Å². The summed E-state index contributed by atoms with van der Waals surface area (Å²) in [5, 5.41) is 0. The Kier molecular flexibility index (Phi) is 2.54. The second kappa shape index (κ2) is 3.74. The Morgan fingerprint density at radius 1 is 1.38 bits per heavy atom. The Morgan fingerprint density at radius 2 is 2.12 bits per heavy atom. The molecule has 0 fully saturated rings. The summed E-state index contributed by atoms with van der Waals surface area (Å²) < 4.78 is 1.93. The lowest BCUT2D eigenvalue weighted by Gasteiger charge is -2.17. The molecule has 0 radical (unpaired) electrons. The van der Waals surface area contributed by atoms with Gasteiger partial charge < -0.3 is 0 Å². The highest BCUT2D eigenvalue weighted by Gasteiger charge is 2.16. The van der Waals surface area contributed by atoms with E-state index in [1.807, 2.05) is 28.8 Å². The van der Waals surface area contributed by atoms with E-state index >= 15 is 0 Å². The molecule has 16 heavy (non-hydrogen) atoms. The molecule has 2 heterocycles. The minimum atomic E-state index is 0.164. The molecule has 0 aliphatic rings. The number of nitrogens with zero attached hydrogens (tertiary/aromatic N) is 2. The summed E-state index contributed by atoms with van der Waals surface area (Å²) in [6, 6.07) is 5.65. The van der Waals surface area contributed by atoms with Gasteiger partial charge in [-0.05, 0) is 17.5 Å². The number of aromatic nitrogens is 2. The van der Waals surface area contributed by atoms with Gasteiger partial charge in [-0.3, -0.25) is 9.20 Å². The van der Waals surface area contributed by atoms with Gasteiger partial charge in [-0.2, -0.15) is 0 Å². The average Bonchev–Trinajstić information content (AvgIpc) is 2.59. The molecule has 0 bridgehead atoms. The first-order chi connectivity index (χ1) is 7.51. The highest BCUT2D eigenvalue weighted by molar-refractivity contribution is 5.74. The van der Waals surface area contributed by atoms with Crippen molar-refractivity contribution in [3.05, 3.63) is 35.9 Å². The largest absolute Gasteiger partial charge is 0.296 e. The first-order valence-corrected chi connectivity index (χ1v) is 5.42. The second-order valence-corrected chi connectivity index (χ2v) is 5.24. The molecule has 0 unspecified atom stereocenters. The van der Waals surface area contributed by atoms with E-state index in [0.717, 1.165) is 24.0 Å². The Labute approximate surface area is 95.1 Å². The van der Waals surface area contributed by atoms with Crippen LogP contribution in [-0.2, 0) is 6.42 Å². The van der Waals surface area contributed by atoms with E-state index in [-0.39, 0.29) is 5.41 Å². The minimum Gasteiger partial charge on any atom is -0.296 e. The summed E-state index contributed by atoms with van der Waals surface area (Å²) in [6.07, 6.45) is 3.54. The van der Waals surface area contributed by atoms with E-state index in [0.29, 0.717) is 5.69 Å². The number of carbonyl (C=O) groups excluding carboxylic acids is 1. The number of rotatable bonds is 2. The fourth-order valence-corrected chi connectivity index (χ4v) is 1.83. The van der Waals surface area contributed by atoms with E-state index in [4.69, 9.17) is 0 Å². The topological polar surface area (TPSA) is 34.4 Å². The second-order valence-electron chi connectivity index (χ2n) is 5.24. The monoisotopic (exact) mass is 216 g/mol. The summed E-state index contributed by atoms with van der Waals surface area (Å²) >= 11 is 0. The summed E-state index contributed by atoms with van der Waals surface area (Å²) in [4.78, 5) is 15.4. The van der Waals surface area contributed by atoms with Crippen molar-refractivity contribution in [1.29, 1.82) is 0 Å². The van der Waals surface area contributed by atoms with Gasteiger partial charge in [-0.15, -0.1) is 0 Å². The fraction of sp³-hybridized carbons (Fsp3) is 0.385. The van der Waals surface area contributed by atoms with Gasteiger partial charge in [0, 0.05) is 6.42 Å². The van der Waals surface area contributed by atoms with Crippen LogP contribution in [-0.4, -0.2) is 15.7 Å². The molecule has 0 atom stereocenters. The molecule has 0 aliphatic heterocycles. The maximum atomic E-state index is 11.0. The number of aldehydes is 1. The average molecular weight is 216 g/mol. The number of imidazole rings is 1. The zero-order valence-corrected chi connectivity index (χ0v) is 9.90. The SMILES string of the molecule is CC(C)(C)Cc1ncc2cccc(C=O)n12. The molecule has 0 N–H and O–H groups in total. The van der Waals surface area contributed by atoms with Crippen LogP contribution in [0.2, 0.25) is 0 Å². The molecular formula is C13H16N2O. The third-order valence-corrected chi connectivity index (χ3v) is 2.46. The third-order valence-electron chi connectivity index (χ3n) is 2.46. The van der Waals surface area contributed by atoms with E-state index in [1.165, 1.54) is 0 Å². The molecule has 3 nitrogen and oxygen atoms in total. The summed E-state index contributed by atoms with van der Waals surface area (Å²) in [5.41, 5.74) is 1.80. The first kappa shape index (κ1) is 10.9. The Hall–Kier alpha value is -1.64. The van der Waals surface area contributed by atoms with E-state index in [1.54, 1.807) is 0 Å². The number of pyridine rings is 1. The van der Waals surface area contributed by atoms with Crippen LogP contribution in [0, 0.1) is 5.41 Å². The van der Waals surface area contributed by atoms with Crippen LogP contribution in [0.4, 0.5) is 0 Å². The van der Waals surface area contributed by atoms with Crippen LogP contribution in [0.3, 0.4) is 0 Å². The standard InChI is InChI=1S/C13H16N2O/c1-13(2,3)7-12-14-8-10-5-4-6-11(9-16)15(10)12/h4-6,8-9H,7H2,1-3H3. The lowest BCUT2D eigenvalue weighted by atomic mass is 9.92. The Bertz CT molecular complexity index is 520. The van der Waals surface area contributed by atoms with Crippen molar-refractivity contribution in [3.8, 4) is 0 Å².